The van der Waals surface area contributed by atoms with Gasteiger partial charge in [0.25, 0.3) is 5.91 Å². The number of amides is 1. The second kappa shape index (κ2) is 3.92. The van der Waals surface area contributed by atoms with Crippen molar-refractivity contribution in [2.75, 3.05) is 25.9 Å². The molecule has 0 atom stereocenters. The zero-order chi connectivity index (χ0) is 12.6. The molecule has 3 N–H and O–H groups in total. The molecule has 1 aliphatic heterocycles. The lowest BCUT2D eigenvalue weighted by Gasteiger charge is -2.44. The van der Waals surface area contributed by atoms with E-state index in [0.717, 1.165) is 0 Å². The number of nitrogen functional groups attached to an aromatic ring is 1. The number of carbonyl (C=O) groups is 1. The number of rotatable bonds is 2. The fourth-order valence-electron chi connectivity index (χ4n) is 1.95. The summed E-state index contributed by atoms with van der Waals surface area (Å²) in [5.74, 6) is 0.373. The van der Waals surface area contributed by atoms with Crippen molar-refractivity contribution in [2.24, 2.45) is 0 Å². The maximum atomic E-state index is 12.0. The Labute approximate surface area is 99.8 Å². The van der Waals surface area contributed by atoms with Crippen LogP contribution >= 0.6 is 0 Å². The molecule has 0 aliphatic carbocycles. The first-order valence-corrected chi connectivity index (χ1v) is 5.38. The van der Waals surface area contributed by atoms with Crippen LogP contribution in [0.1, 0.15) is 17.3 Å². The van der Waals surface area contributed by atoms with Gasteiger partial charge in [-0.15, -0.1) is 0 Å². The molecule has 1 aromatic rings. The van der Waals surface area contributed by atoms with E-state index in [-0.39, 0.29) is 5.91 Å². The first-order chi connectivity index (χ1) is 7.93. The lowest BCUT2D eigenvalue weighted by molar-refractivity contribution is -0.0668. The van der Waals surface area contributed by atoms with Crippen LogP contribution in [0.15, 0.2) is 18.2 Å². The van der Waals surface area contributed by atoms with Gasteiger partial charge in [0.1, 0.15) is 5.75 Å². The van der Waals surface area contributed by atoms with Gasteiger partial charge in [0, 0.05) is 5.56 Å². The summed E-state index contributed by atoms with van der Waals surface area (Å²) < 4.78 is 5.06. The number of benzene rings is 1. The molecule has 92 valence electrons. The van der Waals surface area contributed by atoms with Crippen molar-refractivity contribution in [1.82, 2.24) is 4.90 Å². The van der Waals surface area contributed by atoms with Crippen LogP contribution in [0.2, 0.25) is 0 Å². The van der Waals surface area contributed by atoms with Gasteiger partial charge in [-0.2, -0.15) is 0 Å². The largest absolute Gasteiger partial charge is 0.495 e. The van der Waals surface area contributed by atoms with Gasteiger partial charge in [0.15, 0.2) is 0 Å². The highest BCUT2D eigenvalue weighted by Crippen LogP contribution is 2.26. The van der Waals surface area contributed by atoms with Gasteiger partial charge in [-0.3, -0.25) is 4.79 Å². The highest BCUT2D eigenvalue weighted by molar-refractivity contribution is 5.96. The molecule has 0 radical (unpaired) electrons. The van der Waals surface area contributed by atoms with Gasteiger partial charge < -0.3 is 20.5 Å². The van der Waals surface area contributed by atoms with Gasteiger partial charge in [-0.05, 0) is 25.1 Å². The summed E-state index contributed by atoms with van der Waals surface area (Å²) in [4.78, 5) is 13.6. The Morgan fingerprint density at radius 1 is 1.53 bits per heavy atom. The molecule has 17 heavy (non-hydrogen) atoms. The lowest BCUT2D eigenvalue weighted by Crippen LogP contribution is -2.61. The zero-order valence-electron chi connectivity index (χ0n) is 9.93. The fraction of sp³-hybridized carbons (Fsp3) is 0.417. The molecule has 1 aromatic carbocycles. The number of nitrogens with zero attached hydrogens (tertiary/aromatic N) is 1. The highest BCUT2D eigenvalue weighted by Gasteiger charge is 2.39. The van der Waals surface area contributed by atoms with Crippen LogP contribution < -0.4 is 10.5 Å². The molecule has 1 fully saturated rings. The van der Waals surface area contributed by atoms with Crippen molar-refractivity contribution in [3.8, 4) is 5.75 Å². The number of aliphatic hydroxyl groups is 1. The van der Waals surface area contributed by atoms with E-state index < -0.39 is 5.60 Å². The molecule has 0 bridgehead atoms. The normalized spacial score (nSPS) is 17.5. The average Bonchev–Trinajstić information content (AvgIpc) is 2.25. The quantitative estimate of drug-likeness (QED) is 0.732. The van der Waals surface area contributed by atoms with E-state index in [1.54, 1.807) is 30.0 Å². The van der Waals surface area contributed by atoms with Crippen LogP contribution in [-0.4, -0.2) is 41.7 Å². The Kier molecular flexibility index (Phi) is 2.71. The van der Waals surface area contributed by atoms with Crippen LogP contribution in [0, 0.1) is 0 Å². The van der Waals surface area contributed by atoms with E-state index in [9.17, 15) is 9.90 Å². The Morgan fingerprint density at radius 3 is 2.71 bits per heavy atom. The van der Waals surface area contributed by atoms with Gasteiger partial charge in [0.05, 0.1) is 31.5 Å². The second-order valence-corrected chi connectivity index (χ2v) is 4.61. The standard InChI is InChI=1S/C12H16N2O3/c1-12(16)6-14(7-12)11(15)8-3-4-9(13)10(5-8)17-2/h3-5,16H,6-7,13H2,1-2H3. The molecule has 1 aliphatic rings. The van der Waals surface area contributed by atoms with Crippen LogP contribution in [0.3, 0.4) is 0 Å². The molecule has 1 heterocycles. The maximum absolute atomic E-state index is 12.0. The first kappa shape index (κ1) is 11.7. The number of ether oxygens (including phenoxy) is 1. The van der Waals surface area contributed by atoms with Crippen LogP contribution in [0.4, 0.5) is 5.69 Å². The number of hydrogen-bond acceptors (Lipinski definition) is 4. The molecule has 0 unspecified atom stereocenters. The average molecular weight is 236 g/mol. The Hall–Kier alpha value is -1.75. The molecule has 5 heteroatoms. The maximum Gasteiger partial charge on any atom is 0.254 e. The van der Waals surface area contributed by atoms with Gasteiger partial charge >= 0.3 is 0 Å². The Balaban J connectivity index is 2.15. The molecule has 5 nitrogen and oxygen atoms in total. The van der Waals surface area contributed by atoms with E-state index in [1.165, 1.54) is 7.11 Å². The molecule has 1 amide bonds. The molecule has 2 rings (SSSR count). The topological polar surface area (TPSA) is 75.8 Å². The van der Waals surface area contributed by atoms with Crippen molar-refractivity contribution in [3.63, 3.8) is 0 Å². The van der Waals surface area contributed by atoms with Crippen molar-refractivity contribution in [1.29, 1.82) is 0 Å². The van der Waals surface area contributed by atoms with Crippen LogP contribution in [-0.2, 0) is 0 Å². The van der Waals surface area contributed by atoms with Gasteiger partial charge in [0.2, 0.25) is 0 Å². The summed E-state index contributed by atoms with van der Waals surface area (Å²) in [5, 5.41) is 9.59. The zero-order valence-corrected chi connectivity index (χ0v) is 9.93. The summed E-state index contributed by atoms with van der Waals surface area (Å²) in [6.45, 7) is 2.43. The molecule has 1 saturated heterocycles. The monoisotopic (exact) mass is 236 g/mol. The first-order valence-electron chi connectivity index (χ1n) is 5.38. The lowest BCUT2D eigenvalue weighted by atomic mass is 9.96. The molecular formula is C12H16N2O3. The van der Waals surface area contributed by atoms with Crippen molar-refractivity contribution in [2.45, 2.75) is 12.5 Å². The molecule has 0 spiro atoms. The minimum atomic E-state index is -0.756. The third kappa shape index (κ3) is 2.19. The Bertz CT molecular complexity index is 449. The van der Waals surface area contributed by atoms with E-state index in [0.29, 0.717) is 30.1 Å². The number of likely N-dealkylation sites (tertiary alicyclic amines) is 1. The number of methoxy groups -OCH3 is 1. The second-order valence-electron chi connectivity index (χ2n) is 4.61. The number of β-amino-alcohol motifs (C(OH)–C–C–N with tert-alkyl or cyclic N) is 1. The summed E-state index contributed by atoms with van der Waals surface area (Å²) in [7, 11) is 1.51. The minimum Gasteiger partial charge on any atom is -0.495 e. The predicted molar refractivity (Wildman–Crippen MR) is 63.9 cm³/mol. The molecule has 0 aromatic heterocycles. The third-order valence-electron chi connectivity index (χ3n) is 2.83. The minimum absolute atomic E-state index is 0.116. The number of carbonyl (C=O) groups excluding carboxylic acids is 1. The number of nitrogens with two attached hydrogens (primary N) is 1. The summed E-state index contributed by atoms with van der Waals surface area (Å²) in [6.07, 6.45) is 0. The molecule has 0 saturated carbocycles. The predicted octanol–water partition coefficient (Wildman–Crippen LogP) is 0.484. The summed E-state index contributed by atoms with van der Waals surface area (Å²) in [6, 6.07) is 4.92. The van der Waals surface area contributed by atoms with E-state index in [2.05, 4.69) is 0 Å². The van der Waals surface area contributed by atoms with Crippen LogP contribution in [0.5, 0.6) is 5.75 Å². The third-order valence-corrected chi connectivity index (χ3v) is 2.83. The Morgan fingerprint density at radius 2 is 2.18 bits per heavy atom. The van der Waals surface area contributed by atoms with Gasteiger partial charge in [-0.1, -0.05) is 0 Å². The fourth-order valence-corrected chi connectivity index (χ4v) is 1.95. The highest BCUT2D eigenvalue weighted by atomic mass is 16.5. The smallest absolute Gasteiger partial charge is 0.254 e. The van der Waals surface area contributed by atoms with E-state index >= 15 is 0 Å². The van der Waals surface area contributed by atoms with E-state index in [4.69, 9.17) is 10.5 Å². The molecular weight excluding hydrogens is 220 g/mol. The van der Waals surface area contributed by atoms with Crippen molar-refractivity contribution >= 4 is 11.6 Å². The SMILES string of the molecule is COc1cc(C(=O)N2CC(C)(O)C2)ccc1N. The number of hydrogen-bond donors (Lipinski definition) is 2. The van der Waals surface area contributed by atoms with Crippen molar-refractivity contribution < 1.29 is 14.6 Å². The van der Waals surface area contributed by atoms with Crippen LogP contribution in [0.25, 0.3) is 0 Å². The van der Waals surface area contributed by atoms with E-state index in [1.807, 2.05) is 0 Å². The van der Waals surface area contributed by atoms with Gasteiger partial charge in [-0.25, -0.2) is 0 Å². The van der Waals surface area contributed by atoms with Crippen molar-refractivity contribution in [3.05, 3.63) is 23.8 Å². The summed E-state index contributed by atoms with van der Waals surface area (Å²) >= 11 is 0. The number of anilines is 1. The summed E-state index contributed by atoms with van der Waals surface area (Å²) in [5.41, 5.74) is 5.94.